The van der Waals surface area contributed by atoms with Gasteiger partial charge in [0, 0.05) is 22.7 Å². The first-order valence-corrected chi connectivity index (χ1v) is 8.22. The third-order valence-corrected chi connectivity index (χ3v) is 2.60. The van der Waals surface area contributed by atoms with Gasteiger partial charge in [0.05, 0.1) is 6.26 Å². The highest BCUT2D eigenvalue weighted by atomic mass is 35.5. The van der Waals surface area contributed by atoms with Crippen LogP contribution >= 0.6 is 23.2 Å². The molecule has 0 spiro atoms. The molecule has 2 rings (SSSR count). The molecule has 11 heteroatoms. The molecule has 0 atom stereocenters. The minimum Gasteiger partial charge on any atom is -0.382 e. The van der Waals surface area contributed by atoms with Gasteiger partial charge in [0.15, 0.2) is 5.82 Å². The molecular formula is C11H13Cl2N5O3S. The zero-order chi connectivity index (χ0) is 17.1. The maximum atomic E-state index is 9.19. The van der Waals surface area contributed by atoms with Gasteiger partial charge in [-0.1, -0.05) is 23.2 Å². The minimum atomic E-state index is -3.67. The van der Waals surface area contributed by atoms with Gasteiger partial charge in [-0.25, -0.2) is 4.68 Å². The van der Waals surface area contributed by atoms with Crippen molar-refractivity contribution in [1.29, 1.82) is 5.41 Å². The molecule has 0 saturated carbocycles. The van der Waals surface area contributed by atoms with E-state index in [-0.39, 0.29) is 11.4 Å². The molecule has 0 bridgehead atoms. The highest BCUT2D eigenvalue weighted by Gasteiger charge is 2.09. The summed E-state index contributed by atoms with van der Waals surface area (Å²) in [6.45, 7) is 0. The van der Waals surface area contributed by atoms with E-state index in [9.17, 15) is 8.42 Å². The molecule has 0 aliphatic rings. The average molecular weight is 366 g/mol. The fourth-order valence-electron chi connectivity index (χ4n) is 1.38. The first-order valence-electron chi connectivity index (χ1n) is 5.61. The van der Waals surface area contributed by atoms with Crippen molar-refractivity contribution in [3.05, 3.63) is 33.9 Å². The molecule has 4 N–H and O–H groups in total. The Morgan fingerprint density at radius 2 is 1.73 bits per heavy atom. The monoisotopic (exact) mass is 365 g/mol. The molecule has 120 valence electrons. The molecule has 0 aliphatic heterocycles. The molecule has 1 aromatic carbocycles. The van der Waals surface area contributed by atoms with E-state index >= 15 is 0 Å². The number of aromatic nitrogens is 3. The number of hydrogen-bond acceptors (Lipinski definition) is 6. The number of aryl methyl sites for hydroxylation is 1. The quantitative estimate of drug-likeness (QED) is 0.652. The third kappa shape index (κ3) is 5.98. The summed E-state index contributed by atoms with van der Waals surface area (Å²) in [5, 5.41) is 12.6. The molecule has 0 radical (unpaired) electrons. The van der Waals surface area contributed by atoms with Gasteiger partial charge >= 0.3 is 0 Å². The van der Waals surface area contributed by atoms with Gasteiger partial charge in [-0.15, -0.1) is 0 Å². The van der Waals surface area contributed by atoms with E-state index in [1.54, 1.807) is 25.2 Å². The van der Waals surface area contributed by atoms with Crippen molar-refractivity contribution in [1.82, 2.24) is 14.8 Å². The van der Waals surface area contributed by atoms with Crippen molar-refractivity contribution in [2.45, 2.75) is 0 Å². The van der Waals surface area contributed by atoms with E-state index in [1.807, 2.05) is 0 Å². The second-order valence-electron chi connectivity index (χ2n) is 4.18. The van der Waals surface area contributed by atoms with E-state index in [0.717, 1.165) is 0 Å². The maximum absolute atomic E-state index is 9.19. The molecule has 0 fully saturated rings. The Kier molecular flexibility index (Phi) is 5.89. The number of hydrogen-bond donors (Lipinski definition) is 3. The van der Waals surface area contributed by atoms with Gasteiger partial charge in [0.2, 0.25) is 5.62 Å². The van der Waals surface area contributed by atoms with Crippen molar-refractivity contribution >= 4 is 39.1 Å². The summed E-state index contributed by atoms with van der Waals surface area (Å²) in [7, 11) is -2.05. The van der Waals surface area contributed by atoms with Crippen LogP contribution in [-0.2, 0) is 17.2 Å². The van der Waals surface area contributed by atoms with E-state index < -0.39 is 10.1 Å². The molecular weight excluding hydrogens is 353 g/mol. The lowest BCUT2D eigenvalue weighted by Gasteiger charge is -2.07. The largest absolute Gasteiger partial charge is 0.382 e. The van der Waals surface area contributed by atoms with E-state index in [1.165, 1.54) is 4.68 Å². The van der Waals surface area contributed by atoms with Crippen LogP contribution in [0.4, 0.5) is 5.82 Å². The van der Waals surface area contributed by atoms with E-state index in [2.05, 4.69) is 10.1 Å². The molecule has 1 aromatic heterocycles. The number of nitrogen functional groups attached to an aromatic ring is 1. The number of benzene rings is 1. The lowest BCUT2D eigenvalue weighted by molar-refractivity contribution is 0.490. The van der Waals surface area contributed by atoms with E-state index in [0.29, 0.717) is 27.6 Å². The van der Waals surface area contributed by atoms with Crippen LogP contribution in [-0.4, -0.2) is 34.0 Å². The summed E-state index contributed by atoms with van der Waals surface area (Å²) in [6, 6.07) is 5.00. The van der Waals surface area contributed by atoms with Crippen LogP contribution in [0.5, 0.6) is 0 Å². The Morgan fingerprint density at radius 1 is 1.27 bits per heavy atom. The maximum Gasteiger partial charge on any atom is 0.261 e. The van der Waals surface area contributed by atoms with Gasteiger partial charge in [0.25, 0.3) is 10.1 Å². The standard InChI is InChI=1S/C10H9Cl2N5.CH4O3S/c1-17-10(14)15-9(13)8(16-17)5-2-6(11)4-7(12)3-5;1-5(2,3)4/h2-4H,1H3,(H3,13,14,15);1H3,(H,2,3,4). The molecule has 1 heterocycles. The number of nitrogens with two attached hydrogens (primary N) is 1. The lowest BCUT2D eigenvalue weighted by Crippen LogP contribution is -2.24. The highest BCUT2D eigenvalue weighted by molar-refractivity contribution is 7.85. The molecule has 22 heavy (non-hydrogen) atoms. The van der Waals surface area contributed by atoms with Crippen molar-refractivity contribution in [2.75, 3.05) is 12.0 Å². The van der Waals surface area contributed by atoms with Gasteiger partial charge in [-0.05, 0) is 18.2 Å². The van der Waals surface area contributed by atoms with Crippen molar-refractivity contribution in [3.8, 4) is 11.3 Å². The number of halogens is 2. The summed E-state index contributed by atoms with van der Waals surface area (Å²) in [5.41, 5.74) is 6.84. The second kappa shape index (κ2) is 7.05. The van der Waals surface area contributed by atoms with Gasteiger partial charge in [-0.3, -0.25) is 9.96 Å². The van der Waals surface area contributed by atoms with Crippen molar-refractivity contribution in [2.24, 2.45) is 7.05 Å². The van der Waals surface area contributed by atoms with E-state index in [4.69, 9.17) is 38.9 Å². The predicted molar refractivity (Wildman–Crippen MR) is 84.2 cm³/mol. The summed E-state index contributed by atoms with van der Waals surface area (Å²) in [4.78, 5) is 3.87. The normalized spacial score (nSPS) is 10.8. The predicted octanol–water partition coefficient (Wildman–Crippen LogP) is 1.35. The topological polar surface area (TPSA) is 135 Å². The minimum absolute atomic E-state index is 0.0145. The molecule has 0 unspecified atom stereocenters. The average Bonchev–Trinajstić information content (AvgIpc) is 2.30. The van der Waals surface area contributed by atoms with Crippen LogP contribution in [0.3, 0.4) is 0 Å². The molecule has 2 aromatic rings. The Bertz CT molecular complexity index is 823. The number of nitrogens with zero attached hydrogens (tertiary/aromatic N) is 3. The van der Waals surface area contributed by atoms with Gasteiger partial charge < -0.3 is 5.73 Å². The lowest BCUT2D eigenvalue weighted by atomic mass is 10.1. The smallest absolute Gasteiger partial charge is 0.261 e. The number of anilines is 1. The Morgan fingerprint density at radius 3 is 2.18 bits per heavy atom. The zero-order valence-electron chi connectivity index (χ0n) is 11.6. The zero-order valence-corrected chi connectivity index (χ0v) is 13.9. The summed E-state index contributed by atoms with van der Waals surface area (Å²) in [6.07, 6.45) is 0.715. The summed E-state index contributed by atoms with van der Waals surface area (Å²) in [5.74, 6) is 0.173. The molecule has 0 aliphatic carbocycles. The van der Waals surface area contributed by atoms with Gasteiger partial charge in [0.1, 0.15) is 5.69 Å². The van der Waals surface area contributed by atoms with Gasteiger partial charge in [-0.2, -0.15) is 18.5 Å². The Hall–Kier alpha value is -1.68. The fourth-order valence-corrected chi connectivity index (χ4v) is 1.91. The van der Waals surface area contributed by atoms with Crippen molar-refractivity contribution in [3.63, 3.8) is 0 Å². The Balaban J connectivity index is 0.000000422. The van der Waals surface area contributed by atoms with Crippen LogP contribution in [0.25, 0.3) is 11.3 Å². The summed E-state index contributed by atoms with van der Waals surface area (Å²) >= 11 is 11.8. The number of nitrogens with one attached hydrogen (secondary N) is 1. The summed E-state index contributed by atoms with van der Waals surface area (Å²) < 4.78 is 27.2. The SMILES string of the molecule is CS(=O)(=O)O.Cn1nc(-c2cc(Cl)cc(Cl)c2)c(N)nc1=N. The fraction of sp³-hybridized carbons (Fsp3) is 0.182. The second-order valence-corrected chi connectivity index (χ2v) is 6.52. The first kappa shape index (κ1) is 18.4. The van der Waals surface area contributed by atoms with Crippen LogP contribution in [0.2, 0.25) is 10.0 Å². The van der Waals surface area contributed by atoms with Crippen LogP contribution in [0, 0.1) is 5.41 Å². The number of rotatable bonds is 1. The first-order chi connectivity index (χ1) is 9.97. The molecule has 8 nitrogen and oxygen atoms in total. The van der Waals surface area contributed by atoms with Crippen LogP contribution < -0.4 is 11.4 Å². The van der Waals surface area contributed by atoms with Crippen LogP contribution in [0.15, 0.2) is 18.2 Å². The van der Waals surface area contributed by atoms with Crippen molar-refractivity contribution < 1.29 is 13.0 Å². The molecule has 0 saturated heterocycles. The highest BCUT2D eigenvalue weighted by Crippen LogP contribution is 2.27. The van der Waals surface area contributed by atoms with Crippen LogP contribution in [0.1, 0.15) is 0 Å². The molecule has 0 amide bonds. The Labute approximate surface area is 136 Å². The third-order valence-electron chi connectivity index (χ3n) is 2.16.